The Morgan fingerprint density at radius 2 is 2.27 bits per heavy atom. The highest BCUT2D eigenvalue weighted by Crippen LogP contribution is 2.01. The Hall–Kier alpha value is -0.570. The van der Waals surface area contributed by atoms with E-state index in [9.17, 15) is 0 Å². The molecule has 0 unspecified atom stereocenters. The summed E-state index contributed by atoms with van der Waals surface area (Å²) in [6.07, 6.45) is 0. The number of aryl methyl sites for hydroxylation is 1. The van der Waals surface area contributed by atoms with Crippen molar-refractivity contribution in [3.8, 4) is 0 Å². The average Bonchev–Trinajstić information content (AvgIpc) is 2.09. The smallest absolute Gasteiger partial charge is 0.122 e. The van der Waals surface area contributed by atoms with Gasteiger partial charge in [-0.25, -0.2) is 0 Å². The van der Waals surface area contributed by atoms with Crippen LogP contribution in [0.5, 0.6) is 0 Å². The Balaban J connectivity index is 2.86. The molecular weight excluding hydrogens is 156 g/mol. The van der Waals surface area contributed by atoms with E-state index in [-0.39, 0.29) is 0 Å². The molecule has 0 aliphatic rings. The highest BCUT2D eigenvalue weighted by Gasteiger charge is 1.98. The first kappa shape index (κ1) is 8.53. The van der Waals surface area contributed by atoms with Crippen LogP contribution in [0.1, 0.15) is 19.5 Å². The van der Waals surface area contributed by atoms with Gasteiger partial charge in [-0.2, -0.15) is 0 Å². The molecule has 0 saturated carbocycles. The molecule has 1 aromatic heterocycles. The van der Waals surface area contributed by atoms with E-state index >= 15 is 0 Å². The van der Waals surface area contributed by atoms with E-state index in [1.54, 1.807) is 0 Å². The van der Waals surface area contributed by atoms with Gasteiger partial charge in [0.25, 0.3) is 0 Å². The van der Waals surface area contributed by atoms with Gasteiger partial charge in [0.15, 0.2) is 0 Å². The molecule has 0 amide bonds. The summed E-state index contributed by atoms with van der Waals surface area (Å²) in [5.74, 6) is 0.639. The molecule has 1 heterocycles. The maximum absolute atomic E-state index is 5.12. The third kappa shape index (κ3) is 2.19. The zero-order chi connectivity index (χ0) is 8.43. The molecule has 0 spiro atoms. The largest absolute Gasteiger partial charge is 0.302 e. The molecule has 11 heavy (non-hydrogen) atoms. The number of rotatable bonds is 2. The lowest BCUT2D eigenvalue weighted by Gasteiger charge is -2.04. The maximum atomic E-state index is 5.12. The second-order valence-electron chi connectivity index (χ2n) is 3.28. The molecular formula is C8H14N2S. The van der Waals surface area contributed by atoms with Crippen LogP contribution >= 0.6 is 12.2 Å². The van der Waals surface area contributed by atoms with Gasteiger partial charge in [-0.15, -0.1) is 0 Å². The topological polar surface area (TPSA) is 20.7 Å². The lowest BCUT2D eigenvalue weighted by molar-refractivity contribution is 0.477. The van der Waals surface area contributed by atoms with Gasteiger partial charge in [-0.1, -0.05) is 26.1 Å². The first-order chi connectivity index (χ1) is 5.09. The molecule has 0 saturated heterocycles. The molecule has 1 aromatic rings. The Labute approximate surface area is 72.2 Å². The van der Waals surface area contributed by atoms with Crippen molar-refractivity contribution >= 4 is 12.2 Å². The minimum absolute atomic E-state index is 0.639. The summed E-state index contributed by atoms with van der Waals surface area (Å²) in [5.41, 5.74) is 1.13. The number of H-pyrrole nitrogens is 1. The molecule has 0 radical (unpaired) electrons. The van der Waals surface area contributed by atoms with Crippen LogP contribution < -0.4 is 0 Å². The summed E-state index contributed by atoms with van der Waals surface area (Å²) in [7, 11) is 0. The van der Waals surface area contributed by atoms with Crippen molar-refractivity contribution in [1.29, 1.82) is 0 Å². The van der Waals surface area contributed by atoms with Crippen LogP contribution in [0.15, 0.2) is 6.07 Å². The van der Waals surface area contributed by atoms with Gasteiger partial charge in [0, 0.05) is 12.2 Å². The van der Waals surface area contributed by atoms with Crippen LogP contribution in [0.3, 0.4) is 0 Å². The molecule has 0 aromatic carbocycles. The van der Waals surface area contributed by atoms with Crippen LogP contribution in [0.2, 0.25) is 0 Å². The Kier molecular flexibility index (Phi) is 2.49. The van der Waals surface area contributed by atoms with E-state index in [1.807, 2.05) is 17.7 Å². The zero-order valence-electron chi connectivity index (χ0n) is 7.22. The second-order valence-corrected chi connectivity index (χ2v) is 3.70. The van der Waals surface area contributed by atoms with Crippen molar-refractivity contribution < 1.29 is 0 Å². The minimum Gasteiger partial charge on any atom is -0.302 e. The molecule has 0 aliphatic heterocycles. The highest BCUT2D eigenvalue weighted by molar-refractivity contribution is 7.71. The van der Waals surface area contributed by atoms with Crippen LogP contribution in [0.4, 0.5) is 0 Å². The van der Waals surface area contributed by atoms with Crippen molar-refractivity contribution in [2.75, 3.05) is 0 Å². The van der Waals surface area contributed by atoms with Crippen molar-refractivity contribution in [3.05, 3.63) is 16.4 Å². The van der Waals surface area contributed by atoms with Gasteiger partial charge < -0.3 is 5.10 Å². The van der Waals surface area contributed by atoms with Gasteiger partial charge in [-0.3, -0.25) is 4.68 Å². The number of nitrogens with zero attached hydrogens (tertiary/aromatic N) is 1. The SMILES string of the molecule is Cc1cc(=S)n(CC(C)C)[nH]1. The third-order valence-corrected chi connectivity index (χ3v) is 1.80. The predicted molar refractivity (Wildman–Crippen MR) is 49.2 cm³/mol. The number of aromatic nitrogens is 2. The van der Waals surface area contributed by atoms with E-state index in [0.29, 0.717) is 5.92 Å². The first-order valence-electron chi connectivity index (χ1n) is 3.86. The average molecular weight is 170 g/mol. The van der Waals surface area contributed by atoms with E-state index < -0.39 is 0 Å². The predicted octanol–water partition coefficient (Wildman–Crippen LogP) is 2.51. The summed E-state index contributed by atoms with van der Waals surface area (Å²) >= 11 is 5.12. The third-order valence-electron chi connectivity index (χ3n) is 1.47. The van der Waals surface area contributed by atoms with Gasteiger partial charge in [0.1, 0.15) is 4.64 Å². The molecule has 1 rings (SSSR count). The summed E-state index contributed by atoms with van der Waals surface area (Å²) in [5, 5.41) is 3.19. The monoisotopic (exact) mass is 170 g/mol. The van der Waals surface area contributed by atoms with Crippen LogP contribution in [-0.2, 0) is 6.54 Å². The summed E-state index contributed by atoms with van der Waals surface area (Å²) in [6.45, 7) is 7.36. The lowest BCUT2D eigenvalue weighted by Crippen LogP contribution is -2.05. The van der Waals surface area contributed by atoms with E-state index in [4.69, 9.17) is 12.2 Å². The van der Waals surface area contributed by atoms with Crippen molar-refractivity contribution in [2.45, 2.75) is 27.3 Å². The number of nitrogens with one attached hydrogen (secondary N) is 1. The fraction of sp³-hybridized carbons (Fsp3) is 0.625. The molecule has 0 bridgehead atoms. The van der Waals surface area contributed by atoms with Crippen molar-refractivity contribution in [3.63, 3.8) is 0 Å². The highest BCUT2D eigenvalue weighted by atomic mass is 32.1. The Morgan fingerprint density at radius 1 is 1.64 bits per heavy atom. The lowest BCUT2D eigenvalue weighted by atomic mass is 10.2. The van der Waals surface area contributed by atoms with Crippen molar-refractivity contribution in [2.24, 2.45) is 5.92 Å². The molecule has 0 atom stereocenters. The fourth-order valence-corrected chi connectivity index (χ4v) is 1.36. The number of hydrogen-bond donors (Lipinski definition) is 1. The summed E-state index contributed by atoms with van der Waals surface area (Å²) in [6, 6.07) is 1.98. The van der Waals surface area contributed by atoms with Gasteiger partial charge in [0.05, 0.1) is 0 Å². The van der Waals surface area contributed by atoms with Crippen LogP contribution in [0, 0.1) is 17.5 Å². The molecule has 62 valence electrons. The van der Waals surface area contributed by atoms with E-state index in [0.717, 1.165) is 16.9 Å². The molecule has 1 N–H and O–H groups in total. The number of hydrogen-bond acceptors (Lipinski definition) is 1. The second kappa shape index (κ2) is 3.22. The van der Waals surface area contributed by atoms with E-state index in [1.165, 1.54) is 0 Å². The van der Waals surface area contributed by atoms with E-state index in [2.05, 4.69) is 18.9 Å². The van der Waals surface area contributed by atoms with Gasteiger partial charge in [-0.05, 0) is 18.9 Å². The quantitative estimate of drug-likeness (QED) is 0.676. The molecule has 0 aliphatic carbocycles. The van der Waals surface area contributed by atoms with Crippen molar-refractivity contribution in [1.82, 2.24) is 9.78 Å². The fourth-order valence-electron chi connectivity index (χ4n) is 1.06. The first-order valence-corrected chi connectivity index (χ1v) is 4.27. The Morgan fingerprint density at radius 3 is 2.64 bits per heavy atom. The van der Waals surface area contributed by atoms with Crippen LogP contribution in [-0.4, -0.2) is 9.78 Å². The standard InChI is InChI=1S/C8H14N2S/c1-6(2)5-10-8(11)4-7(3)9-10/h4,6,9H,5H2,1-3H3. The zero-order valence-corrected chi connectivity index (χ0v) is 8.03. The molecule has 0 fully saturated rings. The molecule has 2 nitrogen and oxygen atoms in total. The maximum Gasteiger partial charge on any atom is 0.122 e. The van der Waals surface area contributed by atoms with Gasteiger partial charge >= 0.3 is 0 Å². The number of aromatic amines is 1. The minimum atomic E-state index is 0.639. The normalized spacial score (nSPS) is 10.9. The Bertz CT molecular complexity index is 283. The molecule has 3 heteroatoms. The summed E-state index contributed by atoms with van der Waals surface area (Å²) in [4.78, 5) is 0. The summed E-state index contributed by atoms with van der Waals surface area (Å²) < 4.78 is 2.91. The van der Waals surface area contributed by atoms with Gasteiger partial charge in [0.2, 0.25) is 0 Å². The van der Waals surface area contributed by atoms with Crippen LogP contribution in [0.25, 0.3) is 0 Å².